The topological polar surface area (TPSA) is 96.2 Å². The van der Waals surface area contributed by atoms with Gasteiger partial charge in [0.1, 0.15) is 5.82 Å². The number of nitrogens with one attached hydrogen (secondary N) is 2. The van der Waals surface area contributed by atoms with Gasteiger partial charge in [-0.1, -0.05) is 17.9 Å². The van der Waals surface area contributed by atoms with Crippen LogP contribution in [-0.4, -0.2) is 47.0 Å². The molecule has 1 aliphatic heterocycles. The van der Waals surface area contributed by atoms with Gasteiger partial charge in [0.25, 0.3) is 5.91 Å². The highest BCUT2D eigenvalue weighted by atomic mass is 19.4. The van der Waals surface area contributed by atoms with Crippen molar-refractivity contribution < 1.29 is 22.4 Å². The molecule has 0 unspecified atom stereocenters. The number of nitrogens with zero attached hydrogens (tertiary/aromatic N) is 3. The van der Waals surface area contributed by atoms with E-state index in [1.165, 1.54) is 30.6 Å². The number of carbonyl (C=O) groups excluding carboxylic acids is 1. The Bertz CT molecular complexity index is 1330. The largest absolute Gasteiger partial charge is 0.416 e. The van der Waals surface area contributed by atoms with E-state index in [9.17, 15) is 22.4 Å². The van der Waals surface area contributed by atoms with Gasteiger partial charge in [-0.15, -0.1) is 0 Å². The van der Waals surface area contributed by atoms with Crippen LogP contribution in [0, 0.1) is 17.7 Å². The quantitative estimate of drug-likeness (QED) is 0.378. The SMILES string of the molecule is Nc1ncc(C#Cc2ccnc(NC(=O)c3ccc(CN4CCNCC4)c(C(F)(F)F)c3)c2)cc1F. The molecule has 1 amide bonds. The van der Waals surface area contributed by atoms with Crippen LogP contribution in [0.3, 0.4) is 0 Å². The average molecular weight is 498 g/mol. The summed E-state index contributed by atoms with van der Waals surface area (Å²) in [5, 5.41) is 5.66. The van der Waals surface area contributed by atoms with Gasteiger partial charge >= 0.3 is 6.18 Å². The number of pyridine rings is 2. The fourth-order valence-corrected chi connectivity index (χ4v) is 3.66. The van der Waals surface area contributed by atoms with Crippen LogP contribution in [0.4, 0.5) is 29.2 Å². The van der Waals surface area contributed by atoms with Crippen molar-refractivity contribution >= 4 is 17.5 Å². The molecule has 4 rings (SSSR count). The number of hydrogen-bond acceptors (Lipinski definition) is 6. The van der Waals surface area contributed by atoms with E-state index in [1.54, 1.807) is 6.07 Å². The zero-order valence-electron chi connectivity index (χ0n) is 19.0. The number of carbonyl (C=O) groups is 1. The predicted molar refractivity (Wildman–Crippen MR) is 126 cm³/mol. The Morgan fingerprint density at radius 2 is 1.83 bits per heavy atom. The average Bonchev–Trinajstić information content (AvgIpc) is 2.85. The Labute approximate surface area is 204 Å². The summed E-state index contributed by atoms with van der Waals surface area (Å²) in [5.41, 5.74) is 5.21. The first-order valence-electron chi connectivity index (χ1n) is 11.0. The van der Waals surface area contributed by atoms with E-state index in [2.05, 4.69) is 32.4 Å². The van der Waals surface area contributed by atoms with E-state index in [1.807, 2.05) is 4.90 Å². The molecule has 186 valence electrons. The van der Waals surface area contributed by atoms with Gasteiger partial charge in [-0.05, 0) is 35.9 Å². The van der Waals surface area contributed by atoms with Crippen LogP contribution in [0.2, 0.25) is 0 Å². The molecule has 0 aliphatic carbocycles. The summed E-state index contributed by atoms with van der Waals surface area (Å²) in [6.07, 6.45) is -1.90. The second kappa shape index (κ2) is 10.7. The maximum atomic E-state index is 13.8. The number of piperazine rings is 1. The van der Waals surface area contributed by atoms with Crippen LogP contribution >= 0.6 is 0 Å². The monoisotopic (exact) mass is 498 g/mol. The van der Waals surface area contributed by atoms with Gasteiger partial charge in [-0.25, -0.2) is 14.4 Å². The fourth-order valence-electron chi connectivity index (χ4n) is 3.66. The van der Waals surface area contributed by atoms with Gasteiger partial charge in [0, 0.05) is 61.8 Å². The van der Waals surface area contributed by atoms with Crippen LogP contribution in [0.15, 0.2) is 48.8 Å². The molecule has 2 aromatic heterocycles. The van der Waals surface area contributed by atoms with E-state index in [0.29, 0.717) is 37.3 Å². The highest BCUT2D eigenvalue weighted by molar-refractivity contribution is 6.04. The van der Waals surface area contributed by atoms with E-state index in [4.69, 9.17) is 5.73 Å². The first-order valence-corrected chi connectivity index (χ1v) is 11.0. The summed E-state index contributed by atoms with van der Waals surface area (Å²) in [5.74, 6) is 3.95. The maximum absolute atomic E-state index is 13.8. The van der Waals surface area contributed by atoms with Gasteiger partial charge in [0.15, 0.2) is 11.6 Å². The lowest BCUT2D eigenvalue weighted by molar-refractivity contribution is -0.138. The maximum Gasteiger partial charge on any atom is 0.416 e. The minimum absolute atomic E-state index is 0.104. The highest BCUT2D eigenvalue weighted by Crippen LogP contribution is 2.33. The fraction of sp³-hybridized carbons (Fsp3) is 0.240. The summed E-state index contributed by atoms with van der Waals surface area (Å²) >= 11 is 0. The zero-order chi connectivity index (χ0) is 25.7. The highest BCUT2D eigenvalue weighted by Gasteiger charge is 2.34. The van der Waals surface area contributed by atoms with E-state index in [-0.39, 0.29) is 29.3 Å². The molecule has 0 bridgehead atoms. The van der Waals surface area contributed by atoms with E-state index in [0.717, 1.165) is 12.1 Å². The first-order chi connectivity index (χ1) is 17.2. The van der Waals surface area contributed by atoms with Crippen LogP contribution in [0.5, 0.6) is 0 Å². The minimum atomic E-state index is -4.61. The number of halogens is 4. The van der Waals surface area contributed by atoms with Gasteiger partial charge in [-0.3, -0.25) is 9.69 Å². The standard InChI is InChI=1S/C25H22F4N6O/c26-21-11-17(14-33-23(21)30)2-1-16-5-6-32-22(12-16)34-24(36)18-3-4-19(20(13-18)25(27,28)29)15-35-9-7-31-8-10-35/h3-6,11-14,31H,7-10,15H2,(H2,30,33)(H,32,34,36). The summed E-state index contributed by atoms with van der Waals surface area (Å²) in [6.45, 7) is 2.87. The van der Waals surface area contributed by atoms with Crippen molar-refractivity contribution in [3.8, 4) is 11.8 Å². The van der Waals surface area contributed by atoms with Crippen molar-refractivity contribution in [3.05, 3.63) is 82.4 Å². The van der Waals surface area contributed by atoms with Crippen molar-refractivity contribution in [2.24, 2.45) is 0 Å². The van der Waals surface area contributed by atoms with Crippen molar-refractivity contribution in [1.29, 1.82) is 0 Å². The molecule has 1 aliphatic rings. The minimum Gasteiger partial charge on any atom is -0.381 e. The zero-order valence-corrected chi connectivity index (χ0v) is 19.0. The third kappa shape index (κ3) is 6.35. The van der Waals surface area contributed by atoms with Crippen LogP contribution in [0.1, 0.15) is 32.6 Å². The van der Waals surface area contributed by atoms with Crippen LogP contribution in [-0.2, 0) is 12.7 Å². The van der Waals surface area contributed by atoms with Crippen LogP contribution in [0.25, 0.3) is 0 Å². The smallest absolute Gasteiger partial charge is 0.381 e. The van der Waals surface area contributed by atoms with Crippen LogP contribution < -0.4 is 16.4 Å². The Balaban J connectivity index is 1.51. The summed E-state index contributed by atoms with van der Waals surface area (Å²) in [6, 6.07) is 7.73. The molecular weight excluding hydrogens is 476 g/mol. The summed E-state index contributed by atoms with van der Waals surface area (Å²) < 4.78 is 54.8. The molecular formula is C25H22F4N6O. The number of rotatable bonds is 4. The van der Waals surface area contributed by atoms with Gasteiger partial charge < -0.3 is 16.4 Å². The third-order valence-corrected chi connectivity index (χ3v) is 5.50. The van der Waals surface area contributed by atoms with Crippen molar-refractivity contribution in [1.82, 2.24) is 20.2 Å². The van der Waals surface area contributed by atoms with Crippen molar-refractivity contribution in [2.45, 2.75) is 12.7 Å². The lowest BCUT2D eigenvalue weighted by Gasteiger charge is -2.28. The Hall–Kier alpha value is -4.01. The number of benzene rings is 1. The van der Waals surface area contributed by atoms with E-state index < -0.39 is 23.5 Å². The van der Waals surface area contributed by atoms with Gasteiger partial charge in [0.05, 0.1) is 5.56 Å². The number of amides is 1. The molecule has 7 nitrogen and oxygen atoms in total. The number of nitrogen functional groups attached to an aromatic ring is 1. The molecule has 0 saturated carbocycles. The van der Waals surface area contributed by atoms with E-state index >= 15 is 0 Å². The Kier molecular flexibility index (Phi) is 7.47. The predicted octanol–water partition coefficient (Wildman–Crippen LogP) is 3.27. The molecule has 1 saturated heterocycles. The Morgan fingerprint density at radius 1 is 1.08 bits per heavy atom. The molecule has 1 fully saturated rings. The molecule has 11 heteroatoms. The molecule has 3 aromatic rings. The molecule has 3 heterocycles. The number of hydrogen-bond donors (Lipinski definition) is 3. The first kappa shape index (κ1) is 25.1. The molecule has 0 radical (unpaired) electrons. The lowest BCUT2D eigenvalue weighted by Crippen LogP contribution is -2.43. The number of anilines is 2. The summed E-state index contributed by atoms with van der Waals surface area (Å²) in [4.78, 5) is 22.4. The normalized spacial score (nSPS) is 14.1. The third-order valence-electron chi connectivity index (χ3n) is 5.50. The number of alkyl halides is 3. The number of aromatic nitrogens is 2. The molecule has 4 N–H and O–H groups in total. The molecule has 0 atom stereocenters. The molecule has 36 heavy (non-hydrogen) atoms. The number of nitrogens with two attached hydrogens (primary N) is 1. The second-order valence-electron chi connectivity index (χ2n) is 8.12. The second-order valence-corrected chi connectivity index (χ2v) is 8.12. The van der Waals surface area contributed by atoms with Gasteiger partial charge in [-0.2, -0.15) is 13.2 Å². The molecule has 0 spiro atoms. The Morgan fingerprint density at radius 3 is 2.56 bits per heavy atom. The van der Waals surface area contributed by atoms with Crippen molar-refractivity contribution in [3.63, 3.8) is 0 Å². The summed E-state index contributed by atoms with van der Waals surface area (Å²) in [7, 11) is 0. The van der Waals surface area contributed by atoms with Gasteiger partial charge in [0.2, 0.25) is 0 Å². The molecule has 1 aromatic carbocycles. The van der Waals surface area contributed by atoms with Crippen molar-refractivity contribution in [2.75, 3.05) is 37.2 Å². The lowest BCUT2D eigenvalue weighted by atomic mass is 10.0.